The van der Waals surface area contributed by atoms with Crippen molar-refractivity contribution in [1.29, 1.82) is 11.1 Å². The zero-order chi connectivity index (χ0) is 19.8. The van der Waals surface area contributed by atoms with Crippen LogP contribution in [-0.4, -0.2) is 35.3 Å². The lowest BCUT2D eigenvalue weighted by atomic mass is 9.98. The van der Waals surface area contributed by atoms with Crippen molar-refractivity contribution in [2.75, 3.05) is 0 Å². The number of rotatable bonds is 3. The Labute approximate surface area is 152 Å². The maximum Gasteiger partial charge on any atom is 0.314 e. The van der Waals surface area contributed by atoms with Crippen molar-refractivity contribution >= 4 is 35.3 Å². The molecule has 0 radical (unpaired) electrons. The smallest absolute Gasteiger partial charge is 0.314 e. The average molecular weight is 376 g/mol. The predicted molar refractivity (Wildman–Crippen MR) is 90.7 cm³/mol. The number of amides is 2. The van der Waals surface area contributed by atoms with Gasteiger partial charge in [0.25, 0.3) is 0 Å². The van der Waals surface area contributed by atoms with Crippen molar-refractivity contribution in [3.63, 3.8) is 0 Å². The molecule has 0 spiro atoms. The number of primary amides is 2. The summed E-state index contributed by atoms with van der Waals surface area (Å²) in [6.45, 7) is 0. The number of hydrogen-bond acceptors (Lipinski definition) is 9. The number of Topliss-reactive ketones (excluding diaryl/α,β-unsaturated/α-hetero) is 2. The van der Waals surface area contributed by atoms with Crippen molar-refractivity contribution in [3.8, 4) is 0 Å². The van der Waals surface area contributed by atoms with Gasteiger partial charge in [-0.15, -0.1) is 0 Å². The Morgan fingerprint density at radius 3 is 1.19 bits per heavy atom. The summed E-state index contributed by atoms with van der Waals surface area (Å²) in [7, 11) is 0. The van der Waals surface area contributed by atoms with Crippen molar-refractivity contribution in [2.24, 2.45) is 11.5 Å². The molecular weight excluding hydrogens is 348 g/mol. The highest BCUT2D eigenvalue weighted by molar-refractivity contribution is 5.93. The van der Waals surface area contributed by atoms with Crippen LogP contribution in [-0.2, 0) is 33.5 Å². The predicted octanol–water partition coefficient (Wildman–Crippen LogP) is 0.764. The number of nitrogens with one attached hydrogen (secondary N) is 2. The van der Waals surface area contributed by atoms with Crippen LogP contribution in [0.2, 0.25) is 0 Å². The van der Waals surface area contributed by atoms with Crippen LogP contribution in [0.4, 0.5) is 0 Å². The molecular formula is C15H28N4O7. The lowest BCUT2D eigenvalue weighted by Crippen LogP contribution is -2.16. The zero-order valence-electron chi connectivity index (χ0n) is 13.7. The van der Waals surface area contributed by atoms with E-state index in [2.05, 4.69) is 4.74 Å². The molecule has 1 aliphatic heterocycles. The molecule has 26 heavy (non-hydrogen) atoms. The zero-order valence-corrected chi connectivity index (χ0v) is 13.7. The monoisotopic (exact) mass is 376 g/mol. The third-order valence-corrected chi connectivity index (χ3v) is 2.74. The summed E-state index contributed by atoms with van der Waals surface area (Å²) < 4.78 is 4.08. The molecule has 1 saturated heterocycles. The van der Waals surface area contributed by atoms with E-state index in [1.165, 1.54) is 0 Å². The molecule has 11 nitrogen and oxygen atoms in total. The van der Waals surface area contributed by atoms with Gasteiger partial charge >= 0.3 is 11.9 Å². The topological polar surface area (TPSA) is 211 Å². The number of esters is 2. The summed E-state index contributed by atoms with van der Waals surface area (Å²) in [6, 6.07) is 0. The summed E-state index contributed by atoms with van der Waals surface area (Å²) in [5.74, 6) is -1.31. The number of carbonyl (C=O) groups excluding carboxylic acids is 6. The van der Waals surface area contributed by atoms with E-state index in [0.29, 0.717) is 25.7 Å². The SMILES string of the molecule is C.N=N.NC(=O)CCC(N)=O.O=C1CCC(=O)CC1.O=C1CCC(=O)O1.[HH]. The van der Waals surface area contributed by atoms with Gasteiger partial charge in [-0.05, 0) is 0 Å². The second kappa shape index (κ2) is 16.9. The standard InChI is InChI=1S/C6H8O2.C4H8N2O2.C4H4O3.CH4.H2N2.H2/c7-5-1-2-6(8)4-3-5;5-3(7)1-2-4(6)8;5-3-1-2-4(6)7-3;;1-2;/h1-4H2;1-2H2,(H2,5,7)(H2,6,8);1-2H2;1H4;1-2H;1H. The Balaban J connectivity index is -0.000000136. The van der Waals surface area contributed by atoms with Gasteiger partial charge in [0.1, 0.15) is 11.6 Å². The Bertz CT molecular complexity index is 470. The van der Waals surface area contributed by atoms with Crippen LogP contribution in [0.1, 0.15) is 60.2 Å². The average Bonchev–Trinajstić information content (AvgIpc) is 2.94. The van der Waals surface area contributed by atoms with Crippen LogP contribution in [0.25, 0.3) is 0 Å². The minimum absolute atomic E-state index is 0. The molecule has 0 aromatic rings. The summed E-state index contributed by atoms with van der Waals surface area (Å²) >= 11 is 0. The second-order valence-electron chi connectivity index (χ2n) is 4.86. The molecule has 0 aromatic carbocycles. The normalized spacial score (nSPS) is 14.8. The Hall–Kier alpha value is -2.98. The lowest BCUT2D eigenvalue weighted by Gasteiger charge is -2.04. The van der Waals surface area contributed by atoms with Crippen molar-refractivity contribution in [1.82, 2.24) is 0 Å². The van der Waals surface area contributed by atoms with E-state index >= 15 is 0 Å². The van der Waals surface area contributed by atoms with Gasteiger partial charge in [-0.3, -0.25) is 28.8 Å². The van der Waals surface area contributed by atoms with Crippen LogP contribution >= 0.6 is 0 Å². The summed E-state index contributed by atoms with van der Waals surface area (Å²) in [6.07, 6.45) is 2.57. The molecule has 6 N–H and O–H groups in total. The second-order valence-corrected chi connectivity index (χ2v) is 4.86. The fourth-order valence-corrected chi connectivity index (χ4v) is 1.49. The number of nitrogens with two attached hydrogens (primary N) is 2. The van der Waals surface area contributed by atoms with Gasteiger partial charge in [0.05, 0.1) is 12.8 Å². The van der Waals surface area contributed by atoms with E-state index < -0.39 is 23.8 Å². The largest absolute Gasteiger partial charge is 0.393 e. The highest BCUT2D eigenvalue weighted by Gasteiger charge is 2.19. The third kappa shape index (κ3) is 19.1. The quantitative estimate of drug-likeness (QED) is 0.315. The van der Waals surface area contributed by atoms with E-state index in [1.807, 2.05) is 0 Å². The van der Waals surface area contributed by atoms with Crippen LogP contribution in [0, 0.1) is 11.1 Å². The van der Waals surface area contributed by atoms with Crippen molar-refractivity contribution in [2.45, 2.75) is 58.8 Å². The van der Waals surface area contributed by atoms with Gasteiger partial charge < -0.3 is 16.2 Å². The van der Waals surface area contributed by atoms with Gasteiger partial charge in [0.15, 0.2) is 0 Å². The molecule has 2 fully saturated rings. The summed E-state index contributed by atoms with van der Waals surface area (Å²) in [5.41, 5.74) is 19.4. The van der Waals surface area contributed by atoms with E-state index in [9.17, 15) is 28.8 Å². The van der Waals surface area contributed by atoms with Crippen molar-refractivity contribution < 1.29 is 34.9 Å². The molecule has 150 valence electrons. The highest BCUT2D eigenvalue weighted by atomic mass is 16.6. The first-order valence-electron chi connectivity index (χ1n) is 7.29. The molecule has 0 atom stereocenters. The molecule has 2 rings (SSSR count). The van der Waals surface area contributed by atoms with Gasteiger partial charge in [-0.25, -0.2) is 11.1 Å². The van der Waals surface area contributed by atoms with E-state index in [1.54, 1.807) is 0 Å². The number of ketones is 2. The van der Waals surface area contributed by atoms with Gasteiger partial charge in [0, 0.05) is 40.0 Å². The first-order valence-corrected chi connectivity index (χ1v) is 7.29. The molecule has 1 saturated carbocycles. The maximum absolute atomic E-state index is 10.5. The first-order chi connectivity index (χ1) is 11.7. The van der Waals surface area contributed by atoms with E-state index in [-0.39, 0.29) is 46.1 Å². The molecule has 1 heterocycles. The fourth-order valence-electron chi connectivity index (χ4n) is 1.49. The molecule has 1 aliphatic carbocycles. The number of cyclic esters (lactones) is 2. The molecule has 11 heteroatoms. The van der Waals surface area contributed by atoms with E-state index in [4.69, 9.17) is 22.5 Å². The third-order valence-electron chi connectivity index (χ3n) is 2.74. The molecule has 0 bridgehead atoms. The summed E-state index contributed by atoms with van der Waals surface area (Å²) in [4.78, 5) is 60.8. The van der Waals surface area contributed by atoms with Crippen LogP contribution in [0.3, 0.4) is 0 Å². The highest BCUT2D eigenvalue weighted by Crippen LogP contribution is 2.09. The molecule has 2 amide bonds. The Morgan fingerprint density at radius 2 is 1.04 bits per heavy atom. The van der Waals surface area contributed by atoms with Crippen LogP contribution < -0.4 is 11.5 Å². The van der Waals surface area contributed by atoms with Gasteiger partial charge in [0.2, 0.25) is 11.8 Å². The fraction of sp³-hybridized carbons (Fsp3) is 0.600. The van der Waals surface area contributed by atoms with E-state index in [0.717, 1.165) is 0 Å². The Kier molecular flexibility index (Phi) is 18.1. The van der Waals surface area contributed by atoms with Crippen molar-refractivity contribution in [3.05, 3.63) is 0 Å². The lowest BCUT2D eigenvalue weighted by molar-refractivity contribution is -0.152. The van der Waals surface area contributed by atoms with Gasteiger partial charge in [-0.2, -0.15) is 0 Å². The summed E-state index contributed by atoms with van der Waals surface area (Å²) in [5, 5.41) is 0. The maximum atomic E-state index is 10.5. The minimum atomic E-state index is -0.496. The number of hydrogen-bond donors (Lipinski definition) is 4. The van der Waals surface area contributed by atoms with Gasteiger partial charge in [-0.1, -0.05) is 7.43 Å². The molecule has 0 unspecified atom stereocenters. The minimum Gasteiger partial charge on any atom is -0.393 e. The molecule has 0 aromatic heterocycles. The number of ether oxygens (including phenoxy) is 1. The van der Waals surface area contributed by atoms with Crippen LogP contribution in [0.15, 0.2) is 0 Å². The van der Waals surface area contributed by atoms with Crippen LogP contribution in [0.5, 0.6) is 0 Å². The Morgan fingerprint density at radius 1 is 0.769 bits per heavy atom. The molecule has 2 aliphatic rings. The first kappa shape index (κ1) is 27.8. The number of carbonyl (C=O) groups is 6.